The van der Waals surface area contributed by atoms with Crippen LogP contribution in [0.2, 0.25) is 0 Å². The van der Waals surface area contributed by atoms with Gasteiger partial charge in [-0.2, -0.15) is 4.57 Å². The predicted molar refractivity (Wildman–Crippen MR) is 96.7 cm³/mol. The third kappa shape index (κ3) is 3.12. The number of thiazole rings is 1. The minimum Gasteiger partial charge on any atom is -1.00 e. The number of para-hydroxylation sites is 1. The number of rotatable bonds is 3. The van der Waals surface area contributed by atoms with Gasteiger partial charge in [0.1, 0.15) is 0 Å². The zero-order valence-electron chi connectivity index (χ0n) is 13.0. The molecule has 0 bridgehead atoms. The number of halogens is 1. The van der Waals surface area contributed by atoms with Gasteiger partial charge in [0.25, 0.3) is 0 Å². The topological polar surface area (TPSA) is 3.88 Å². The molecule has 24 heavy (non-hydrogen) atoms. The van der Waals surface area contributed by atoms with E-state index in [2.05, 4.69) is 101 Å². The predicted octanol–water partition coefficient (Wildman–Crippen LogP) is 2.36. The van der Waals surface area contributed by atoms with Crippen LogP contribution in [0.25, 0.3) is 27.9 Å². The lowest BCUT2D eigenvalue weighted by molar-refractivity contribution is -0.588. The van der Waals surface area contributed by atoms with Crippen molar-refractivity contribution in [1.29, 1.82) is 0 Å². The molecule has 0 atom stereocenters. The van der Waals surface area contributed by atoms with Gasteiger partial charge < -0.3 is 12.4 Å². The van der Waals surface area contributed by atoms with Crippen molar-refractivity contribution in [3.8, 4) is 27.9 Å². The fourth-order valence-corrected chi connectivity index (χ4v) is 3.47. The van der Waals surface area contributed by atoms with Crippen molar-refractivity contribution in [3.05, 3.63) is 96.0 Å². The Morgan fingerprint density at radius 3 is 1.62 bits per heavy atom. The first-order chi connectivity index (χ1) is 11.4. The molecule has 0 saturated heterocycles. The van der Waals surface area contributed by atoms with Gasteiger partial charge in [0, 0.05) is 0 Å². The minimum atomic E-state index is 0. The summed E-state index contributed by atoms with van der Waals surface area (Å²) < 4.78 is 2.22. The Morgan fingerprint density at radius 1 is 0.625 bits per heavy atom. The smallest absolute Gasteiger partial charge is 0.230 e. The van der Waals surface area contributed by atoms with Crippen LogP contribution < -0.4 is 17.0 Å². The Morgan fingerprint density at radius 2 is 1.17 bits per heavy atom. The fraction of sp³-hybridized carbons (Fsp3) is 0. The van der Waals surface area contributed by atoms with Crippen LogP contribution in [0.3, 0.4) is 0 Å². The maximum absolute atomic E-state index is 2.22. The Labute approximate surface area is 152 Å². The second-order valence-corrected chi connectivity index (χ2v) is 6.12. The zero-order chi connectivity index (χ0) is 15.5. The molecule has 1 heterocycles. The second-order valence-electron chi connectivity index (χ2n) is 5.37. The molecular weight excluding hydrogens is 334 g/mol. The Kier molecular flexibility index (Phi) is 5.09. The summed E-state index contributed by atoms with van der Waals surface area (Å²) in [6.07, 6.45) is 2.12. The lowest BCUT2D eigenvalue weighted by Gasteiger charge is -2.09. The van der Waals surface area contributed by atoms with Gasteiger partial charge in [-0.3, -0.25) is 0 Å². The molecule has 0 saturated carbocycles. The van der Waals surface area contributed by atoms with Crippen molar-refractivity contribution in [2.24, 2.45) is 0 Å². The van der Waals surface area contributed by atoms with Crippen LogP contribution in [0.15, 0.2) is 96.0 Å². The van der Waals surface area contributed by atoms with E-state index in [9.17, 15) is 0 Å². The van der Waals surface area contributed by atoms with Gasteiger partial charge in [0.2, 0.25) is 11.2 Å². The van der Waals surface area contributed by atoms with Gasteiger partial charge >= 0.3 is 0 Å². The largest absolute Gasteiger partial charge is 1.00 e. The molecule has 0 unspecified atom stereocenters. The quantitative estimate of drug-likeness (QED) is 0.500. The molecule has 118 valence electrons. The molecule has 4 rings (SSSR count). The Balaban J connectivity index is 0.00000169. The number of aromatic nitrogens is 1. The van der Waals surface area contributed by atoms with Crippen LogP contribution in [0.4, 0.5) is 0 Å². The van der Waals surface area contributed by atoms with Crippen molar-refractivity contribution in [3.63, 3.8) is 0 Å². The monoisotopic (exact) mass is 349 g/mol. The van der Waals surface area contributed by atoms with E-state index in [4.69, 9.17) is 0 Å². The standard InChI is InChI=1S/C21H16NS.ClH/c1-3-8-17(9-4-1)19-12-7-13-20(18-10-5-2-6-11-18)21(19)22-14-15-23-16-22;/h1-16H;1H/q+1;/p-1. The molecule has 1 nitrogen and oxygen atoms in total. The molecular formula is C21H16ClNS. The van der Waals surface area contributed by atoms with Crippen molar-refractivity contribution in [1.82, 2.24) is 0 Å². The Hall–Kier alpha value is -2.42. The van der Waals surface area contributed by atoms with E-state index in [1.165, 1.54) is 27.9 Å². The first-order valence-corrected chi connectivity index (χ1v) is 8.55. The zero-order valence-corrected chi connectivity index (χ0v) is 14.5. The van der Waals surface area contributed by atoms with E-state index in [0.717, 1.165) is 0 Å². The van der Waals surface area contributed by atoms with Crippen LogP contribution in [0, 0.1) is 0 Å². The van der Waals surface area contributed by atoms with Gasteiger partial charge in [-0.15, -0.1) is 0 Å². The molecule has 3 heteroatoms. The summed E-state index contributed by atoms with van der Waals surface area (Å²) in [4.78, 5) is 0. The molecule has 4 aromatic rings. The van der Waals surface area contributed by atoms with E-state index in [0.29, 0.717) is 0 Å². The van der Waals surface area contributed by atoms with Crippen LogP contribution >= 0.6 is 11.3 Å². The van der Waals surface area contributed by atoms with Crippen molar-refractivity contribution in [2.75, 3.05) is 0 Å². The minimum absolute atomic E-state index is 0. The van der Waals surface area contributed by atoms with Crippen LogP contribution in [0.5, 0.6) is 0 Å². The van der Waals surface area contributed by atoms with Crippen LogP contribution in [0.1, 0.15) is 0 Å². The van der Waals surface area contributed by atoms with Crippen molar-refractivity contribution >= 4 is 11.3 Å². The maximum atomic E-state index is 2.22. The highest BCUT2D eigenvalue weighted by atomic mass is 35.5. The van der Waals surface area contributed by atoms with E-state index >= 15 is 0 Å². The first kappa shape index (κ1) is 16.4. The molecule has 1 aromatic heterocycles. The van der Waals surface area contributed by atoms with Crippen molar-refractivity contribution in [2.45, 2.75) is 0 Å². The van der Waals surface area contributed by atoms with E-state index in [-0.39, 0.29) is 12.4 Å². The number of nitrogens with zero attached hydrogens (tertiary/aromatic N) is 1. The summed E-state index contributed by atoms with van der Waals surface area (Å²) >= 11 is 1.71. The normalized spacial score (nSPS) is 10.2. The summed E-state index contributed by atoms with van der Waals surface area (Å²) in [6.45, 7) is 0. The SMILES string of the molecule is [Cl-].c1ccc(-c2cccc(-c3ccccc3)c2-[n+]2ccsc2)cc1. The van der Waals surface area contributed by atoms with Crippen LogP contribution in [-0.2, 0) is 0 Å². The van der Waals surface area contributed by atoms with Gasteiger partial charge in [-0.1, -0.05) is 78.1 Å². The molecule has 0 radical (unpaired) electrons. The molecule has 0 fully saturated rings. The van der Waals surface area contributed by atoms with Gasteiger partial charge in [0.15, 0.2) is 6.20 Å². The summed E-state index contributed by atoms with van der Waals surface area (Å²) in [6, 6.07) is 27.7. The van der Waals surface area contributed by atoms with E-state index in [1.807, 2.05) is 0 Å². The van der Waals surface area contributed by atoms with E-state index in [1.54, 1.807) is 11.3 Å². The molecule has 0 N–H and O–H groups in total. The molecule has 3 aromatic carbocycles. The van der Waals surface area contributed by atoms with Gasteiger partial charge in [-0.25, -0.2) is 0 Å². The second kappa shape index (κ2) is 7.43. The first-order valence-electron chi connectivity index (χ1n) is 7.61. The lowest BCUT2D eigenvalue weighted by atomic mass is 9.96. The highest BCUT2D eigenvalue weighted by molar-refractivity contribution is 7.07. The molecule has 0 amide bonds. The average molecular weight is 350 g/mol. The van der Waals surface area contributed by atoms with Gasteiger partial charge in [0.05, 0.1) is 16.5 Å². The summed E-state index contributed by atoms with van der Waals surface area (Å²) in [7, 11) is 0. The van der Waals surface area contributed by atoms with Gasteiger partial charge in [-0.05, 0) is 23.3 Å². The highest BCUT2D eigenvalue weighted by Crippen LogP contribution is 2.32. The third-order valence-electron chi connectivity index (χ3n) is 3.94. The Bertz CT molecular complexity index is 846. The molecule has 0 aliphatic rings. The summed E-state index contributed by atoms with van der Waals surface area (Å²) in [5.74, 6) is 0. The molecule has 0 spiro atoms. The molecule has 0 aliphatic heterocycles. The number of hydrogen-bond acceptors (Lipinski definition) is 1. The van der Waals surface area contributed by atoms with Crippen molar-refractivity contribution < 1.29 is 17.0 Å². The summed E-state index contributed by atoms with van der Waals surface area (Å²) in [5.41, 5.74) is 8.34. The lowest BCUT2D eigenvalue weighted by Crippen LogP contribution is -3.00. The number of hydrogen-bond donors (Lipinski definition) is 0. The fourth-order valence-electron chi connectivity index (χ4n) is 2.89. The van der Waals surface area contributed by atoms with E-state index < -0.39 is 0 Å². The summed E-state index contributed by atoms with van der Waals surface area (Å²) in [5, 5.41) is 2.11. The number of benzene rings is 3. The molecule has 0 aliphatic carbocycles. The van der Waals surface area contributed by atoms with Crippen LogP contribution in [-0.4, -0.2) is 0 Å². The average Bonchev–Trinajstić information content (AvgIpc) is 3.17. The maximum Gasteiger partial charge on any atom is 0.230 e. The highest BCUT2D eigenvalue weighted by Gasteiger charge is 2.20. The third-order valence-corrected chi connectivity index (χ3v) is 4.57.